The topological polar surface area (TPSA) is 84.7 Å². The van der Waals surface area contributed by atoms with E-state index in [-0.39, 0.29) is 12.3 Å². The number of primary amides is 1. The van der Waals surface area contributed by atoms with Crippen LogP contribution in [-0.4, -0.2) is 38.1 Å². The third-order valence-electron chi connectivity index (χ3n) is 4.14. The summed E-state index contributed by atoms with van der Waals surface area (Å²) >= 11 is 0. The fraction of sp³-hybridized carbons (Fsp3) is 0.263. The molecule has 0 unspecified atom stereocenters. The molecule has 1 saturated heterocycles. The molecule has 6 nitrogen and oxygen atoms in total. The van der Waals surface area contributed by atoms with Crippen molar-refractivity contribution in [3.8, 4) is 0 Å². The smallest absolute Gasteiger partial charge is 0.250 e. The number of ether oxygens (including phenoxy) is 1. The number of carbonyl (C=O) groups excluding carboxylic acids is 2. The summed E-state index contributed by atoms with van der Waals surface area (Å²) in [7, 11) is 0. The minimum absolute atomic E-state index is 0.187. The summed E-state index contributed by atoms with van der Waals surface area (Å²) in [5.41, 5.74) is 8.11. The van der Waals surface area contributed by atoms with Crippen molar-refractivity contribution < 1.29 is 14.3 Å². The van der Waals surface area contributed by atoms with E-state index in [0.717, 1.165) is 37.6 Å². The molecule has 0 saturated carbocycles. The highest BCUT2D eigenvalue weighted by atomic mass is 16.5. The second-order valence-corrected chi connectivity index (χ2v) is 5.90. The lowest BCUT2D eigenvalue weighted by Crippen LogP contribution is -2.36. The van der Waals surface area contributed by atoms with Crippen molar-refractivity contribution >= 4 is 23.2 Å². The number of carbonyl (C=O) groups is 2. The van der Waals surface area contributed by atoms with Crippen LogP contribution in [0.5, 0.6) is 0 Å². The average Bonchev–Trinajstić information content (AvgIpc) is 2.63. The van der Waals surface area contributed by atoms with Crippen molar-refractivity contribution in [3.05, 3.63) is 59.7 Å². The standard InChI is InChI=1S/C19H21N3O3/c20-19(24)16-3-1-2-4-17(16)21-18(23)13-14-5-7-15(8-6-14)22-9-11-25-12-10-22/h1-8H,9-13H2,(H2,20,24)(H,21,23). The van der Waals surface area contributed by atoms with Crippen LogP contribution < -0.4 is 16.0 Å². The molecule has 0 bridgehead atoms. The maximum atomic E-state index is 12.3. The van der Waals surface area contributed by atoms with Gasteiger partial charge in [0, 0.05) is 18.8 Å². The lowest BCUT2D eigenvalue weighted by molar-refractivity contribution is -0.115. The van der Waals surface area contributed by atoms with Crippen LogP contribution in [0.3, 0.4) is 0 Å². The van der Waals surface area contributed by atoms with E-state index < -0.39 is 5.91 Å². The molecule has 0 aromatic heterocycles. The molecular formula is C19H21N3O3. The van der Waals surface area contributed by atoms with Crippen LogP contribution in [0.25, 0.3) is 0 Å². The van der Waals surface area contributed by atoms with Gasteiger partial charge in [0.25, 0.3) is 5.91 Å². The minimum Gasteiger partial charge on any atom is -0.378 e. The van der Waals surface area contributed by atoms with E-state index in [1.165, 1.54) is 0 Å². The summed E-state index contributed by atoms with van der Waals surface area (Å²) in [5, 5.41) is 2.75. The molecule has 2 amide bonds. The minimum atomic E-state index is -0.564. The normalized spacial score (nSPS) is 14.2. The fourth-order valence-electron chi connectivity index (χ4n) is 2.83. The Balaban J connectivity index is 1.62. The van der Waals surface area contributed by atoms with Gasteiger partial charge in [-0.1, -0.05) is 24.3 Å². The Bertz CT molecular complexity index is 753. The molecule has 1 aliphatic heterocycles. The van der Waals surface area contributed by atoms with Crippen molar-refractivity contribution in [2.75, 3.05) is 36.5 Å². The van der Waals surface area contributed by atoms with Crippen LogP contribution in [0.1, 0.15) is 15.9 Å². The van der Waals surface area contributed by atoms with Crippen LogP contribution in [-0.2, 0) is 16.0 Å². The molecular weight excluding hydrogens is 318 g/mol. The first-order valence-corrected chi connectivity index (χ1v) is 8.24. The molecule has 0 atom stereocenters. The Morgan fingerprint density at radius 3 is 2.40 bits per heavy atom. The largest absolute Gasteiger partial charge is 0.378 e. The van der Waals surface area contributed by atoms with Gasteiger partial charge in [-0.25, -0.2) is 0 Å². The molecule has 3 rings (SSSR count). The molecule has 25 heavy (non-hydrogen) atoms. The van der Waals surface area contributed by atoms with Gasteiger partial charge in [-0.05, 0) is 29.8 Å². The van der Waals surface area contributed by atoms with E-state index in [4.69, 9.17) is 10.5 Å². The Labute approximate surface area is 146 Å². The highest BCUT2D eigenvalue weighted by Crippen LogP contribution is 2.18. The Kier molecular flexibility index (Phi) is 5.30. The number of amides is 2. The maximum absolute atomic E-state index is 12.3. The summed E-state index contributed by atoms with van der Waals surface area (Å²) in [6.45, 7) is 3.24. The molecule has 1 heterocycles. The number of rotatable bonds is 5. The average molecular weight is 339 g/mol. The SMILES string of the molecule is NC(=O)c1ccccc1NC(=O)Cc1ccc(N2CCOCC2)cc1. The monoisotopic (exact) mass is 339 g/mol. The summed E-state index contributed by atoms with van der Waals surface area (Å²) in [5.74, 6) is -0.751. The summed E-state index contributed by atoms with van der Waals surface area (Å²) in [4.78, 5) is 25.9. The van der Waals surface area contributed by atoms with E-state index >= 15 is 0 Å². The van der Waals surface area contributed by atoms with Crippen LogP contribution in [0.4, 0.5) is 11.4 Å². The highest BCUT2D eigenvalue weighted by molar-refractivity contribution is 6.03. The molecule has 1 fully saturated rings. The van der Waals surface area contributed by atoms with E-state index in [9.17, 15) is 9.59 Å². The molecule has 3 N–H and O–H groups in total. The first-order valence-electron chi connectivity index (χ1n) is 8.24. The van der Waals surface area contributed by atoms with Gasteiger partial charge in [-0.2, -0.15) is 0 Å². The van der Waals surface area contributed by atoms with E-state index in [1.54, 1.807) is 24.3 Å². The van der Waals surface area contributed by atoms with Crippen LogP contribution >= 0.6 is 0 Å². The molecule has 2 aromatic rings. The molecule has 0 spiro atoms. The van der Waals surface area contributed by atoms with Gasteiger partial charge >= 0.3 is 0 Å². The van der Waals surface area contributed by atoms with Gasteiger partial charge in [0.1, 0.15) is 0 Å². The van der Waals surface area contributed by atoms with Crippen molar-refractivity contribution in [1.82, 2.24) is 0 Å². The first kappa shape index (κ1) is 17.0. The zero-order chi connectivity index (χ0) is 17.6. The Morgan fingerprint density at radius 1 is 1.04 bits per heavy atom. The van der Waals surface area contributed by atoms with Gasteiger partial charge in [0.05, 0.1) is 30.9 Å². The van der Waals surface area contributed by atoms with Crippen molar-refractivity contribution in [2.45, 2.75) is 6.42 Å². The number of nitrogens with zero attached hydrogens (tertiary/aromatic N) is 1. The Hall–Kier alpha value is -2.86. The number of benzene rings is 2. The predicted molar refractivity (Wildman–Crippen MR) is 96.8 cm³/mol. The number of para-hydroxylation sites is 1. The number of morpholine rings is 1. The molecule has 130 valence electrons. The molecule has 1 aliphatic rings. The predicted octanol–water partition coefficient (Wildman–Crippen LogP) is 1.80. The third-order valence-corrected chi connectivity index (χ3v) is 4.14. The number of nitrogens with one attached hydrogen (secondary N) is 1. The summed E-state index contributed by atoms with van der Waals surface area (Å²) < 4.78 is 5.35. The van der Waals surface area contributed by atoms with Crippen LogP contribution in [0.15, 0.2) is 48.5 Å². The second-order valence-electron chi connectivity index (χ2n) is 5.90. The van der Waals surface area contributed by atoms with Crippen LogP contribution in [0.2, 0.25) is 0 Å². The highest BCUT2D eigenvalue weighted by Gasteiger charge is 2.13. The zero-order valence-corrected chi connectivity index (χ0v) is 13.9. The number of anilines is 2. The molecule has 2 aromatic carbocycles. The van der Waals surface area contributed by atoms with Gasteiger partial charge in [0.15, 0.2) is 0 Å². The van der Waals surface area contributed by atoms with E-state index in [2.05, 4.69) is 10.2 Å². The number of hydrogen-bond donors (Lipinski definition) is 2. The summed E-state index contributed by atoms with van der Waals surface area (Å²) in [6.07, 6.45) is 0.233. The van der Waals surface area contributed by atoms with Gasteiger partial charge in [-0.3, -0.25) is 9.59 Å². The maximum Gasteiger partial charge on any atom is 0.250 e. The lowest BCUT2D eigenvalue weighted by atomic mass is 10.1. The van der Waals surface area contributed by atoms with E-state index in [1.807, 2.05) is 24.3 Å². The second kappa shape index (κ2) is 7.81. The van der Waals surface area contributed by atoms with Gasteiger partial charge < -0.3 is 20.7 Å². The van der Waals surface area contributed by atoms with Gasteiger partial charge in [0.2, 0.25) is 5.91 Å². The van der Waals surface area contributed by atoms with Crippen molar-refractivity contribution in [2.24, 2.45) is 5.73 Å². The number of hydrogen-bond acceptors (Lipinski definition) is 4. The number of nitrogens with two attached hydrogens (primary N) is 1. The van der Waals surface area contributed by atoms with Gasteiger partial charge in [-0.15, -0.1) is 0 Å². The van der Waals surface area contributed by atoms with Crippen LogP contribution in [0, 0.1) is 0 Å². The quantitative estimate of drug-likeness (QED) is 0.870. The zero-order valence-electron chi connectivity index (χ0n) is 13.9. The molecule has 6 heteroatoms. The summed E-state index contributed by atoms with van der Waals surface area (Å²) in [6, 6.07) is 14.7. The fourth-order valence-corrected chi connectivity index (χ4v) is 2.83. The molecule has 0 aliphatic carbocycles. The molecule has 0 radical (unpaired) electrons. The van der Waals surface area contributed by atoms with Crippen molar-refractivity contribution in [1.29, 1.82) is 0 Å². The lowest BCUT2D eigenvalue weighted by Gasteiger charge is -2.28. The van der Waals surface area contributed by atoms with E-state index in [0.29, 0.717) is 11.3 Å². The van der Waals surface area contributed by atoms with Crippen molar-refractivity contribution in [3.63, 3.8) is 0 Å². The third kappa shape index (κ3) is 4.36. The first-order chi connectivity index (χ1) is 12.1. The Morgan fingerprint density at radius 2 is 1.72 bits per heavy atom.